The van der Waals surface area contributed by atoms with Crippen molar-refractivity contribution in [3.05, 3.63) is 35.4 Å². The van der Waals surface area contributed by atoms with E-state index < -0.39 is 5.92 Å². The molecule has 0 saturated heterocycles. The van der Waals surface area contributed by atoms with Crippen molar-refractivity contribution in [3.63, 3.8) is 0 Å². The van der Waals surface area contributed by atoms with Gasteiger partial charge in [-0.3, -0.25) is 0 Å². The SMILES string of the molecule is NCC1(C2CCc3ccccc32)CCC(F)(F)CC1. The lowest BCUT2D eigenvalue weighted by Gasteiger charge is -2.44. The smallest absolute Gasteiger partial charge is 0.248 e. The van der Waals surface area contributed by atoms with Crippen LogP contribution in [0, 0.1) is 5.41 Å². The molecule has 1 aromatic rings. The number of alkyl halides is 2. The van der Waals surface area contributed by atoms with Crippen molar-refractivity contribution < 1.29 is 8.78 Å². The molecule has 1 aromatic carbocycles. The molecular formula is C16H21F2N. The van der Waals surface area contributed by atoms with Gasteiger partial charge in [0.15, 0.2) is 0 Å². The van der Waals surface area contributed by atoms with E-state index in [2.05, 4.69) is 24.3 Å². The fourth-order valence-corrected chi connectivity index (χ4v) is 4.00. The lowest BCUT2D eigenvalue weighted by atomic mass is 9.63. The summed E-state index contributed by atoms with van der Waals surface area (Å²) in [5.41, 5.74) is 8.66. The molecule has 2 aliphatic carbocycles. The zero-order valence-electron chi connectivity index (χ0n) is 11.2. The van der Waals surface area contributed by atoms with Gasteiger partial charge in [0.2, 0.25) is 5.92 Å². The zero-order valence-corrected chi connectivity index (χ0v) is 11.2. The number of hydrogen-bond donors (Lipinski definition) is 1. The largest absolute Gasteiger partial charge is 0.330 e. The third-order valence-electron chi connectivity index (χ3n) is 5.26. The normalized spacial score (nSPS) is 28.1. The molecule has 1 nitrogen and oxygen atoms in total. The maximum absolute atomic E-state index is 13.4. The average Bonchev–Trinajstić information content (AvgIpc) is 2.84. The van der Waals surface area contributed by atoms with Crippen molar-refractivity contribution in [1.82, 2.24) is 0 Å². The van der Waals surface area contributed by atoms with Crippen LogP contribution < -0.4 is 5.73 Å². The van der Waals surface area contributed by atoms with E-state index in [0.29, 0.717) is 25.3 Å². The molecule has 0 aliphatic heterocycles. The van der Waals surface area contributed by atoms with E-state index in [1.165, 1.54) is 11.1 Å². The van der Waals surface area contributed by atoms with Crippen LogP contribution in [-0.4, -0.2) is 12.5 Å². The summed E-state index contributed by atoms with van der Waals surface area (Å²) in [7, 11) is 0. The first-order valence-corrected chi connectivity index (χ1v) is 7.22. The quantitative estimate of drug-likeness (QED) is 0.863. The lowest BCUT2D eigenvalue weighted by molar-refractivity contribution is -0.0710. The molecule has 1 atom stereocenters. The number of hydrogen-bond acceptors (Lipinski definition) is 1. The number of aryl methyl sites for hydroxylation is 1. The van der Waals surface area contributed by atoms with Crippen molar-refractivity contribution >= 4 is 0 Å². The fraction of sp³-hybridized carbons (Fsp3) is 0.625. The molecule has 1 saturated carbocycles. The maximum atomic E-state index is 13.4. The van der Waals surface area contributed by atoms with Gasteiger partial charge in [0.1, 0.15) is 0 Å². The summed E-state index contributed by atoms with van der Waals surface area (Å²) in [6, 6.07) is 8.44. The Morgan fingerprint density at radius 2 is 1.79 bits per heavy atom. The van der Waals surface area contributed by atoms with Crippen LogP contribution in [0.5, 0.6) is 0 Å². The van der Waals surface area contributed by atoms with E-state index in [1.54, 1.807) is 0 Å². The highest BCUT2D eigenvalue weighted by molar-refractivity contribution is 5.36. The Morgan fingerprint density at radius 1 is 1.11 bits per heavy atom. The van der Waals surface area contributed by atoms with Gasteiger partial charge in [-0.15, -0.1) is 0 Å². The second kappa shape index (κ2) is 4.55. The summed E-state index contributed by atoms with van der Waals surface area (Å²) in [5.74, 6) is -2.10. The van der Waals surface area contributed by atoms with Gasteiger partial charge in [0.05, 0.1) is 0 Å². The minimum absolute atomic E-state index is 0.00284. The fourth-order valence-electron chi connectivity index (χ4n) is 4.00. The van der Waals surface area contributed by atoms with E-state index in [1.807, 2.05) is 0 Å². The van der Waals surface area contributed by atoms with Gasteiger partial charge >= 0.3 is 0 Å². The molecule has 0 spiro atoms. The maximum Gasteiger partial charge on any atom is 0.248 e. The highest BCUT2D eigenvalue weighted by Crippen LogP contribution is 2.54. The van der Waals surface area contributed by atoms with Crippen LogP contribution in [0.2, 0.25) is 0 Å². The Hall–Kier alpha value is -0.960. The summed E-state index contributed by atoms with van der Waals surface area (Å²) < 4.78 is 26.9. The van der Waals surface area contributed by atoms with Crippen molar-refractivity contribution in [1.29, 1.82) is 0 Å². The predicted molar refractivity (Wildman–Crippen MR) is 72.4 cm³/mol. The Bertz CT molecular complexity index is 460. The molecule has 1 fully saturated rings. The molecule has 0 radical (unpaired) electrons. The Balaban J connectivity index is 1.88. The number of fused-ring (bicyclic) bond motifs is 1. The van der Waals surface area contributed by atoms with Gasteiger partial charge in [0, 0.05) is 12.8 Å². The highest BCUT2D eigenvalue weighted by Gasteiger charge is 2.48. The topological polar surface area (TPSA) is 26.0 Å². The molecule has 0 bridgehead atoms. The molecule has 104 valence electrons. The molecule has 1 unspecified atom stereocenters. The second-order valence-electron chi connectivity index (χ2n) is 6.21. The number of rotatable bonds is 2. The first-order valence-electron chi connectivity index (χ1n) is 7.22. The molecule has 2 aliphatic rings. The Morgan fingerprint density at radius 3 is 2.47 bits per heavy atom. The molecule has 0 aromatic heterocycles. The predicted octanol–water partition coefficient (Wildman–Crippen LogP) is 3.87. The zero-order chi connectivity index (χ0) is 13.5. The van der Waals surface area contributed by atoms with Crippen molar-refractivity contribution in [2.75, 3.05) is 6.54 Å². The molecule has 3 heteroatoms. The van der Waals surface area contributed by atoms with E-state index in [4.69, 9.17) is 5.73 Å². The van der Waals surface area contributed by atoms with Crippen LogP contribution in [0.4, 0.5) is 8.78 Å². The molecular weight excluding hydrogens is 244 g/mol. The number of nitrogens with two attached hydrogens (primary N) is 1. The van der Waals surface area contributed by atoms with Crippen LogP contribution in [0.25, 0.3) is 0 Å². The molecule has 2 N–H and O–H groups in total. The summed E-state index contributed by atoms with van der Waals surface area (Å²) in [6.45, 7) is 0.530. The van der Waals surface area contributed by atoms with Crippen LogP contribution >= 0.6 is 0 Å². The van der Waals surface area contributed by atoms with E-state index in [0.717, 1.165) is 12.8 Å². The van der Waals surface area contributed by atoms with E-state index in [9.17, 15) is 8.78 Å². The summed E-state index contributed by atoms with van der Waals surface area (Å²) in [5, 5.41) is 0. The summed E-state index contributed by atoms with van der Waals surface area (Å²) in [6.07, 6.45) is 3.28. The van der Waals surface area contributed by atoms with Crippen LogP contribution in [0.1, 0.15) is 49.1 Å². The highest BCUT2D eigenvalue weighted by atomic mass is 19.3. The summed E-state index contributed by atoms with van der Waals surface area (Å²) >= 11 is 0. The van der Waals surface area contributed by atoms with Gasteiger partial charge in [-0.05, 0) is 54.7 Å². The number of halogens is 2. The van der Waals surface area contributed by atoms with Gasteiger partial charge in [-0.2, -0.15) is 0 Å². The first kappa shape index (κ1) is 13.0. The van der Waals surface area contributed by atoms with Crippen molar-refractivity contribution in [2.45, 2.75) is 50.4 Å². The molecule has 0 amide bonds. The van der Waals surface area contributed by atoms with E-state index >= 15 is 0 Å². The van der Waals surface area contributed by atoms with Gasteiger partial charge in [-0.1, -0.05) is 24.3 Å². The van der Waals surface area contributed by atoms with Crippen LogP contribution in [0.3, 0.4) is 0 Å². The molecule has 3 rings (SSSR count). The standard InChI is InChI=1S/C16H21F2N/c17-16(18)9-7-15(11-19,8-10-16)14-6-5-12-3-1-2-4-13(12)14/h1-4,14H,5-11,19H2. The third-order valence-corrected chi connectivity index (χ3v) is 5.26. The van der Waals surface area contributed by atoms with E-state index in [-0.39, 0.29) is 18.3 Å². The minimum Gasteiger partial charge on any atom is -0.330 e. The lowest BCUT2D eigenvalue weighted by Crippen LogP contribution is -2.42. The second-order valence-corrected chi connectivity index (χ2v) is 6.21. The Labute approximate surface area is 113 Å². The number of benzene rings is 1. The minimum atomic E-state index is -2.48. The Kier molecular flexibility index (Phi) is 3.12. The monoisotopic (exact) mass is 265 g/mol. The third kappa shape index (κ3) is 2.18. The summed E-state index contributed by atoms with van der Waals surface area (Å²) in [4.78, 5) is 0. The molecule has 19 heavy (non-hydrogen) atoms. The van der Waals surface area contributed by atoms with Crippen molar-refractivity contribution in [2.24, 2.45) is 11.1 Å². The van der Waals surface area contributed by atoms with Crippen LogP contribution in [0.15, 0.2) is 24.3 Å². The average molecular weight is 265 g/mol. The van der Waals surface area contributed by atoms with Crippen molar-refractivity contribution in [3.8, 4) is 0 Å². The first-order chi connectivity index (χ1) is 9.06. The molecule has 0 heterocycles. The van der Waals surface area contributed by atoms with Gasteiger partial charge < -0.3 is 5.73 Å². The van der Waals surface area contributed by atoms with Gasteiger partial charge in [-0.25, -0.2) is 8.78 Å². The van der Waals surface area contributed by atoms with Gasteiger partial charge in [0.25, 0.3) is 0 Å². The van der Waals surface area contributed by atoms with Crippen LogP contribution in [-0.2, 0) is 6.42 Å².